The molecule has 0 aromatic rings. The molecule has 0 spiro atoms. The fraction of sp³-hybridized carbons (Fsp3) is 0.643. The molecular weight excluding hydrogens is 214 g/mol. The molecule has 98 valence electrons. The number of ether oxygens (including phenoxy) is 1. The number of allylic oxidation sites excluding steroid dienone is 1. The molecule has 0 aliphatic rings. The first kappa shape index (κ1) is 15.8. The zero-order valence-electron chi connectivity index (χ0n) is 11.9. The lowest BCUT2D eigenvalue weighted by Crippen LogP contribution is -2.33. The summed E-state index contributed by atoms with van der Waals surface area (Å²) >= 11 is 0. The maximum Gasteiger partial charge on any atom is 0.407 e. The molecule has 0 atom stereocenters. The van der Waals surface area contributed by atoms with Crippen LogP contribution in [0.25, 0.3) is 0 Å². The molecule has 0 aromatic carbocycles. The fourth-order valence-corrected chi connectivity index (χ4v) is 1.22. The first-order chi connectivity index (χ1) is 7.67. The topological polar surface area (TPSA) is 38.3 Å². The van der Waals surface area contributed by atoms with E-state index in [9.17, 15) is 4.79 Å². The zero-order chi connectivity index (χ0) is 13.6. The van der Waals surface area contributed by atoms with Crippen molar-refractivity contribution in [3.8, 4) is 0 Å². The van der Waals surface area contributed by atoms with E-state index >= 15 is 0 Å². The molecule has 0 unspecified atom stereocenters. The zero-order valence-corrected chi connectivity index (χ0v) is 11.9. The van der Waals surface area contributed by atoms with Gasteiger partial charge in [0.1, 0.15) is 5.60 Å². The van der Waals surface area contributed by atoms with Gasteiger partial charge in [0.05, 0.1) is 0 Å². The first-order valence-corrected chi connectivity index (χ1v) is 5.96. The molecule has 0 radical (unpaired) electrons. The molecule has 0 aromatic heterocycles. The average molecular weight is 239 g/mol. The summed E-state index contributed by atoms with van der Waals surface area (Å²) in [5.41, 5.74) is 1.82. The van der Waals surface area contributed by atoms with E-state index in [0.29, 0.717) is 12.5 Å². The van der Waals surface area contributed by atoms with Crippen molar-refractivity contribution in [1.82, 2.24) is 5.32 Å². The molecule has 0 aliphatic carbocycles. The van der Waals surface area contributed by atoms with Gasteiger partial charge in [-0.25, -0.2) is 4.79 Å². The number of rotatable bonds is 4. The predicted octanol–water partition coefficient (Wildman–Crippen LogP) is 3.67. The maximum atomic E-state index is 11.5. The normalized spacial score (nSPS) is 13.1. The highest BCUT2D eigenvalue weighted by atomic mass is 16.6. The molecule has 0 aliphatic heterocycles. The van der Waals surface area contributed by atoms with E-state index in [1.165, 1.54) is 5.57 Å². The van der Waals surface area contributed by atoms with Gasteiger partial charge in [0.2, 0.25) is 0 Å². The van der Waals surface area contributed by atoms with Crippen LogP contribution in [0.1, 0.15) is 41.5 Å². The smallest absolute Gasteiger partial charge is 0.407 e. The Morgan fingerprint density at radius 3 is 2.29 bits per heavy atom. The van der Waals surface area contributed by atoms with Crippen LogP contribution in [0, 0.1) is 5.92 Å². The summed E-state index contributed by atoms with van der Waals surface area (Å²) in [6, 6.07) is 0. The van der Waals surface area contributed by atoms with Crippen LogP contribution >= 0.6 is 0 Å². The monoisotopic (exact) mass is 239 g/mol. The predicted molar refractivity (Wildman–Crippen MR) is 72.0 cm³/mol. The maximum absolute atomic E-state index is 11.5. The van der Waals surface area contributed by atoms with Crippen LogP contribution in [0.5, 0.6) is 0 Å². The Hall–Kier alpha value is -1.25. The van der Waals surface area contributed by atoms with E-state index in [4.69, 9.17) is 4.74 Å². The number of nitrogens with one attached hydrogen (secondary N) is 1. The molecule has 1 amide bonds. The second-order valence-corrected chi connectivity index (χ2v) is 5.42. The molecular formula is C14H25NO2. The van der Waals surface area contributed by atoms with Gasteiger partial charge in [-0.15, -0.1) is 0 Å². The van der Waals surface area contributed by atoms with Crippen molar-refractivity contribution in [2.45, 2.75) is 47.1 Å². The van der Waals surface area contributed by atoms with Crippen molar-refractivity contribution in [3.63, 3.8) is 0 Å². The van der Waals surface area contributed by atoms with Crippen LogP contribution in [0.3, 0.4) is 0 Å². The number of carbonyl (C=O) groups is 1. The Bertz CT molecular complexity index is 309. The lowest BCUT2D eigenvalue weighted by molar-refractivity contribution is 0.0533. The third-order valence-corrected chi connectivity index (χ3v) is 2.44. The molecule has 3 heteroatoms. The molecule has 3 nitrogen and oxygen atoms in total. The summed E-state index contributed by atoms with van der Waals surface area (Å²) in [6.45, 7) is 16.0. The van der Waals surface area contributed by atoms with E-state index < -0.39 is 11.7 Å². The minimum atomic E-state index is -0.463. The quantitative estimate of drug-likeness (QED) is 0.760. The van der Waals surface area contributed by atoms with Gasteiger partial charge in [0, 0.05) is 6.54 Å². The highest BCUT2D eigenvalue weighted by Gasteiger charge is 2.16. The molecule has 0 saturated heterocycles. The first-order valence-electron chi connectivity index (χ1n) is 5.96. The number of hydrogen-bond donors (Lipinski definition) is 1. The van der Waals surface area contributed by atoms with Crippen molar-refractivity contribution >= 4 is 6.09 Å². The summed E-state index contributed by atoms with van der Waals surface area (Å²) in [7, 11) is 0. The molecule has 0 bridgehead atoms. The van der Waals surface area contributed by atoms with Crippen LogP contribution < -0.4 is 5.32 Å². The van der Waals surface area contributed by atoms with Crippen LogP contribution in [-0.4, -0.2) is 18.2 Å². The fourth-order valence-electron chi connectivity index (χ4n) is 1.22. The lowest BCUT2D eigenvalue weighted by atomic mass is 9.99. The van der Waals surface area contributed by atoms with Gasteiger partial charge in [-0.2, -0.15) is 0 Å². The van der Waals surface area contributed by atoms with Gasteiger partial charge < -0.3 is 10.1 Å². The summed E-state index contributed by atoms with van der Waals surface area (Å²) < 4.78 is 5.17. The molecule has 0 heterocycles. The molecule has 0 saturated carbocycles. The van der Waals surface area contributed by atoms with E-state index in [-0.39, 0.29) is 0 Å². The molecule has 0 rings (SSSR count). The summed E-state index contributed by atoms with van der Waals surface area (Å²) in [5.74, 6) is 0.448. The van der Waals surface area contributed by atoms with E-state index in [1.54, 1.807) is 6.08 Å². The van der Waals surface area contributed by atoms with Crippen LogP contribution in [0.15, 0.2) is 23.8 Å². The number of amides is 1. The summed E-state index contributed by atoms with van der Waals surface area (Å²) in [4.78, 5) is 11.5. The standard InChI is InChI=1S/C14H25NO2/c1-8-12(11(4)10(2)3)9-15-13(16)17-14(5,6)7/h8,10H,1,9H2,2-7H3,(H,15,16)/b12-11-. The third kappa shape index (κ3) is 6.82. The van der Waals surface area contributed by atoms with Gasteiger partial charge in [0.25, 0.3) is 0 Å². The van der Waals surface area contributed by atoms with Crippen molar-refractivity contribution in [2.24, 2.45) is 5.92 Å². The number of carbonyl (C=O) groups excluding carboxylic acids is 1. The average Bonchev–Trinajstić information content (AvgIpc) is 2.15. The Labute approximate surface area is 105 Å². The lowest BCUT2D eigenvalue weighted by Gasteiger charge is -2.20. The second-order valence-electron chi connectivity index (χ2n) is 5.42. The highest BCUT2D eigenvalue weighted by Crippen LogP contribution is 2.14. The van der Waals surface area contributed by atoms with Gasteiger partial charge >= 0.3 is 6.09 Å². The second kappa shape index (κ2) is 6.48. The summed E-state index contributed by atoms with van der Waals surface area (Å²) in [5, 5.41) is 2.74. The third-order valence-electron chi connectivity index (χ3n) is 2.44. The van der Waals surface area contributed by atoms with Crippen molar-refractivity contribution in [3.05, 3.63) is 23.8 Å². The van der Waals surface area contributed by atoms with Crippen molar-refractivity contribution in [1.29, 1.82) is 0 Å². The number of hydrogen-bond acceptors (Lipinski definition) is 2. The Balaban J connectivity index is 4.41. The molecule has 17 heavy (non-hydrogen) atoms. The van der Waals surface area contributed by atoms with Gasteiger partial charge in [0.15, 0.2) is 0 Å². The summed E-state index contributed by atoms with van der Waals surface area (Å²) in [6.07, 6.45) is 1.39. The molecule has 1 N–H and O–H groups in total. The van der Waals surface area contributed by atoms with Crippen LogP contribution in [0.4, 0.5) is 4.79 Å². The van der Waals surface area contributed by atoms with E-state index in [0.717, 1.165) is 5.57 Å². The molecule has 0 fully saturated rings. The van der Waals surface area contributed by atoms with Crippen molar-refractivity contribution in [2.75, 3.05) is 6.54 Å². The Morgan fingerprint density at radius 1 is 1.41 bits per heavy atom. The highest BCUT2D eigenvalue weighted by molar-refractivity contribution is 5.68. The number of alkyl carbamates (subject to hydrolysis) is 1. The Morgan fingerprint density at radius 2 is 1.94 bits per heavy atom. The Kier molecular flexibility index (Phi) is 6.00. The SMILES string of the molecule is C=C/C(CNC(=O)OC(C)(C)C)=C(\C)C(C)C. The minimum absolute atomic E-state index is 0.395. The van der Waals surface area contributed by atoms with Crippen molar-refractivity contribution < 1.29 is 9.53 Å². The largest absolute Gasteiger partial charge is 0.444 e. The van der Waals surface area contributed by atoms with Gasteiger partial charge in [-0.1, -0.05) is 32.1 Å². The van der Waals surface area contributed by atoms with Gasteiger partial charge in [-0.05, 0) is 39.2 Å². The van der Waals surface area contributed by atoms with Crippen LogP contribution in [-0.2, 0) is 4.74 Å². The van der Waals surface area contributed by atoms with Gasteiger partial charge in [-0.3, -0.25) is 0 Å². The van der Waals surface area contributed by atoms with E-state index in [2.05, 4.69) is 32.7 Å². The minimum Gasteiger partial charge on any atom is -0.444 e. The van der Waals surface area contributed by atoms with Crippen LogP contribution in [0.2, 0.25) is 0 Å². The van der Waals surface area contributed by atoms with E-state index in [1.807, 2.05) is 20.8 Å².